The molecule has 0 aromatic heterocycles. The number of hydrogen-bond acceptors (Lipinski definition) is 2. The molecule has 0 atom stereocenters. The largest absolute Gasteiger partial charge is 0.363 e. The van der Waals surface area contributed by atoms with Crippen LogP contribution >= 0.6 is 0 Å². The van der Waals surface area contributed by atoms with Crippen molar-refractivity contribution in [3.8, 4) is 6.07 Å². The molecule has 0 heterocycles. The van der Waals surface area contributed by atoms with E-state index in [-0.39, 0.29) is 6.61 Å². The van der Waals surface area contributed by atoms with Crippen LogP contribution in [-0.2, 0) is 4.74 Å². The first-order chi connectivity index (χ1) is 3.43. The monoisotopic (exact) mass is 97.1 g/mol. The SMILES string of the molecule is N#CCOC1CC1. The van der Waals surface area contributed by atoms with E-state index in [1.54, 1.807) is 0 Å². The highest BCUT2D eigenvalue weighted by Gasteiger charge is 2.21. The lowest BCUT2D eigenvalue weighted by atomic mass is 10.8. The van der Waals surface area contributed by atoms with E-state index >= 15 is 0 Å². The Morgan fingerprint density at radius 1 is 1.71 bits per heavy atom. The van der Waals surface area contributed by atoms with E-state index in [9.17, 15) is 0 Å². The molecule has 7 heavy (non-hydrogen) atoms. The standard InChI is InChI=1S/C5H7NO/c6-3-4-7-5-1-2-5/h5H,1-2,4H2. The highest BCUT2D eigenvalue weighted by Crippen LogP contribution is 2.22. The lowest BCUT2D eigenvalue weighted by Crippen LogP contribution is -1.91. The van der Waals surface area contributed by atoms with Gasteiger partial charge in [0, 0.05) is 0 Å². The van der Waals surface area contributed by atoms with Crippen LogP contribution in [0.3, 0.4) is 0 Å². The average Bonchev–Trinajstić information content (AvgIpc) is 2.42. The summed E-state index contributed by atoms with van der Waals surface area (Å²) in [5.74, 6) is 0. The number of hydrogen-bond donors (Lipinski definition) is 0. The highest BCUT2D eigenvalue weighted by molar-refractivity contribution is 4.77. The van der Waals surface area contributed by atoms with Crippen LogP contribution in [0.15, 0.2) is 0 Å². The van der Waals surface area contributed by atoms with Gasteiger partial charge in [0.2, 0.25) is 0 Å². The summed E-state index contributed by atoms with van der Waals surface area (Å²) in [5.41, 5.74) is 0. The summed E-state index contributed by atoms with van der Waals surface area (Å²) < 4.78 is 4.94. The predicted molar refractivity (Wildman–Crippen MR) is 24.6 cm³/mol. The lowest BCUT2D eigenvalue weighted by Gasteiger charge is -1.87. The van der Waals surface area contributed by atoms with Crippen LogP contribution < -0.4 is 0 Å². The third kappa shape index (κ3) is 1.56. The van der Waals surface area contributed by atoms with Crippen LogP contribution in [0.2, 0.25) is 0 Å². The van der Waals surface area contributed by atoms with Crippen molar-refractivity contribution >= 4 is 0 Å². The lowest BCUT2D eigenvalue weighted by molar-refractivity contribution is 0.151. The molecule has 2 heteroatoms. The number of ether oxygens (including phenoxy) is 1. The summed E-state index contributed by atoms with van der Waals surface area (Å²) in [6.07, 6.45) is 2.74. The minimum atomic E-state index is 0.269. The Balaban J connectivity index is 1.91. The Hall–Kier alpha value is -0.550. The number of rotatable bonds is 2. The van der Waals surface area contributed by atoms with E-state index < -0.39 is 0 Å². The Labute approximate surface area is 42.7 Å². The van der Waals surface area contributed by atoms with Gasteiger partial charge in [-0.15, -0.1) is 0 Å². The maximum absolute atomic E-state index is 7.97. The van der Waals surface area contributed by atoms with Gasteiger partial charge in [-0.05, 0) is 12.8 Å². The molecule has 38 valence electrons. The van der Waals surface area contributed by atoms with Crippen LogP contribution in [0.1, 0.15) is 12.8 Å². The second-order valence-corrected chi connectivity index (χ2v) is 1.67. The van der Waals surface area contributed by atoms with Crippen molar-refractivity contribution in [3.63, 3.8) is 0 Å². The highest BCUT2D eigenvalue weighted by atomic mass is 16.5. The molecule has 1 aliphatic carbocycles. The van der Waals surface area contributed by atoms with Gasteiger partial charge >= 0.3 is 0 Å². The summed E-state index contributed by atoms with van der Waals surface area (Å²) in [6.45, 7) is 0.269. The van der Waals surface area contributed by atoms with Crippen molar-refractivity contribution in [2.45, 2.75) is 18.9 Å². The molecular weight excluding hydrogens is 90.1 g/mol. The maximum atomic E-state index is 7.97. The molecular formula is C5H7NO. The first kappa shape index (κ1) is 4.61. The van der Waals surface area contributed by atoms with E-state index in [0.717, 1.165) is 12.8 Å². The summed E-state index contributed by atoms with van der Waals surface area (Å²) in [6, 6.07) is 1.92. The minimum absolute atomic E-state index is 0.269. The Morgan fingerprint density at radius 3 is 2.86 bits per heavy atom. The first-order valence-corrected chi connectivity index (χ1v) is 2.42. The van der Waals surface area contributed by atoms with E-state index in [1.807, 2.05) is 6.07 Å². The predicted octanol–water partition coefficient (Wildman–Crippen LogP) is 0.689. The number of nitriles is 1. The minimum Gasteiger partial charge on any atom is -0.363 e. The summed E-state index contributed by atoms with van der Waals surface area (Å²) in [7, 11) is 0. The van der Waals surface area contributed by atoms with Gasteiger partial charge in [0.15, 0.2) is 0 Å². The van der Waals surface area contributed by atoms with Crippen LogP contribution in [0.4, 0.5) is 0 Å². The zero-order chi connectivity index (χ0) is 5.11. The molecule has 1 rings (SSSR count). The zero-order valence-corrected chi connectivity index (χ0v) is 4.05. The van der Waals surface area contributed by atoms with Gasteiger partial charge in [-0.1, -0.05) is 0 Å². The Morgan fingerprint density at radius 2 is 2.43 bits per heavy atom. The third-order valence-corrected chi connectivity index (χ3v) is 0.908. The van der Waals surface area contributed by atoms with Gasteiger partial charge < -0.3 is 4.74 Å². The van der Waals surface area contributed by atoms with E-state index in [1.165, 1.54) is 0 Å². The van der Waals surface area contributed by atoms with Crippen LogP contribution in [0.5, 0.6) is 0 Å². The van der Waals surface area contributed by atoms with Crippen LogP contribution in [-0.4, -0.2) is 12.7 Å². The quantitative estimate of drug-likeness (QED) is 0.507. The van der Waals surface area contributed by atoms with E-state index in [4.69, 9.17) is 10.00 Å². The number of nitrogens with zero attached hydrogens (tertiary/aromatic N) is 1. The molecule has 0 aromatic carbocycles. The molecule has 2 nitrogen and oxygen atoms in total. The molecule has 0 aromatic rings. The van der Waals surface area contributed by atoms with Crippen LogP contribution in [0, 0.1) is 11.3 Å². The molecule has 0 aliphatic heterocycles. The van der Waals surface area contributed by atoms with Gasteiger partial charge in [-0.25, -0.2) is 0 Å². The van der Waals surface area contributed by atoms with Crippen molar-refractivity contribution < 1.29 is 4.74 Å². The molecule has 0 unspecified atom stereocenters. The molecule has 1 aliphatic rings. The molecule has 0 amide bonds. The molecule has 0 bridgehead atoms. The smallest absolute Gasteiger partial charge is 0.134 e. The summed E-state index contributed by atoms with van der Waals surface area (Å²) in [5, 5.41) is 7.97. The maximum Gasteiger partial charge on any atom is 0.134 e. The second kappa shape index (κ2) is 1.94. The van der Waals surface area contributed by atoms with Gasteiger partial charge in [0.25, 0.3) is 0 Å². The van der Waals surface area contributed by atoms with Crippen molar-refractivity contribution in [2.24, 2.45) is 0 Å². The first-order valence-electron chi connectivity index (χ1n) is 2.42. The fourth-order valence-electron chi connectivity index (χ4n) is 0.390. The van der Waals surface area contributed by atoms with E-state index in [0.29, 0.717) is 6.10 Å². The average molecular weight is 97.1 g/mol. The van der Waals surface area contributed by atoms with Crippen molar-refractivity contribution in [1.29, 1.82) is 5.26 Å². The molecule has 0 spiro atoms. The fourth-order valence-corrected chi connectivity index (χ4v) is 0.390. The van der Waals surface area contributed by atoms with Crippen molar-refractivity contribution in [1.82, 2.24) is 0 Å². The van der Waals surface area contributed by atoms with Gasteiger partial charge in [-0.2, -0.15) is 5.26 Å². The van der Waals surface area contributed by atoms with Gasteiger partial charge in [0.05, 0.1) is 12.2 Å². The second-order valence-electron chi connectivity index (χ2n) is 1.67. The molecule has 0 radical (unpaired) electrons. The summed E-state index contributed by atoms with van der Waals surface area (Å²) >= 11 is 0. The van der Waals surface area contributed by atoms with Crippen molar-refractivity contribution in [2.75, 3.05) is 6.61 Å². The molecule has 0 saturated heterocycles. The molecule has 0 N–H and O–H groups in total. The van der Waals surface area contributed by atoms with Gasteiger partial charge in [-0.3, -0.25) is 0 Å². The fraction of sp³-hybridized carbons (Fsp3) is 0.800. The normalized spacial score (nSPS) is 18.7. The summed E-state index contributed by atoms with van der Waals surface area (Å²) in [4.78, 5) is 0. The topological polar surface area (TPSA) is 33.0 Å². The Bertz CT molecular complexity index is 90.7. The molecule has 1 saturated carbocycles. The van der Waals surface area contributed by atoms with Crippen molar-refractivity contribution in [3.05, 3.63) is 0 Å². The zero-order valence-electron chi connectivity index (χ0n) is 4.05. The Kier molecular flexibility index (Phi) is 1.28. The van der Waals surface area contributed by atoms with Gasteiger partial charge in [0.1, 0.15) is 6.61 Å². The van der Waals surface area contributed by atoms with E-state index in [2.05, 4.69) is 0 Å². The third-order valence-electron chi connectivity index (χ3n) is 0.908. The van der Waals surface area contributed by atoms with Crippen LogP contribution in [0.25, 0.3) is 0 Å². The molecule has 1 fully saturated rings.